The fourth-order valence-corrected chi connectivity index (χ4v) is 0.682. The monoisotopic (exact) mass is 243 g/mol. The van der Waals surface area contributed by atoms with E-state index in [0.717, 1.165) is 7.11 Å². The second-order valence-electron chi connectivity index (χ2n) is 2.45. The Morgan fingerprint density at radius 3 is 2.24 bits per heavy atom. The molecule has 3 N–H and O–H groups in total. The van der Waals surface area contributed by atoms with Crippen LogP contribution in [-0.2, 0) is 9.47 Å². The minimum Gasteiger partial charge on any atom is -0.450 e. The van der Waals surface area contributed by atoms with E-state index in [2.05, 4.69) is 9.47 Å². The molecular weight excluding hydrogens is 230 g/mol. The smallest absolute Gasteiger partial charge is 0.450 e. The molecule has 0 unspecified atom stereocenters. The molecule has 1 aromatic carbocycles. The summed E-state index contributed by atoms with van der Waals surface area (Å²) in [5.41, 5.74) is 4.96. The standard InChI is InChI=1S/C8H9NO3.C2H4O3/c9-6-11-8(10)12-7-4-2-1-3-5-7;1-5-2(3)4/h1-5H,6,9H2;1H3,(H,3,4). The number of benzene rings is 1. The highest BCUT2D eigenvalue weighted by Crippen LogP contribution is 2.08. The zero-order valence-electron chi connectivity index (χ0n) is 9.16. The van der Waals surface area contributed by atoms with Crippen LogP contribution < -0.4 is 10.5 Å². The highest BCUT2D eigenvalue weighted by molar-refractivity contribution is 5.63. The summed E-state index contributed by atoms with van der Waals surface area (Å²) in [7, 11) is 1.10. The molecule has 94 valence electrons. The van der Waals surface area contributed by atoms with Crippen molar-refractivity contribution in [3.63, 3.8) is 0 Å². The number of carbonyl (C=O) groups is 2. The predicted octanol–water partition coefficient (Wildman–Crippen LogP) is 1.43. The molecule has 17 heavy (non-hydrogen) atoms. The minimum absolute atomic E-state index is 0.175. The molecule has 0 atom stereocenters. The summed E-state index contributed by atoms with van der Waals surface area (Å²) in [6, 6.07) is 8.63. The lowest BCUT2D eigenvalue weighted by Crippen LogP contribution is -2.15. The third kappa shape index (κ3) is 8.70. The van der Waals surface area contributed by atoms with Crippen molar-refractivity contribution in [2.75, 3.05) is 13.8 Å². The Kier molecular flexibility index (Phi) is 7.78. The zero-order chi connectivity index (χ0) is 13.1. The van der Waals surface area contributed by atoms with E-state index in [9.17, 15) is 4.79 Å². The van der Waals surface area contributed by atoms with Crippen molar-refractivity contribution in [3.8, 4) is 5.75 Å². The van der Waals surface area contributed by atoms with E-state index in [4.69, 9.17) is 20.4 Å². The number of methoxy groups -OCH3 is 1. The maximum Gasteiger partial charge on any atom is 0.515 e. The molecule has 0 saturated carbocycles. The maximum atomic E-state index is 10.7. The van der Waals surface area contributed by atoms with Crippen LogP contribution in [0.1, 0.15) is 0 Å². The molecule has 0 heterocycles. The minimum atomic E-state index is -1.25. The highest BCUT2D eigenvalue weighted by Gasteiger charge is 2.02. The van der Waals surface area contributed by atoms with E-state index in [1.54, 1.807) is 24.3 Å². The number of carboxylic acid groups (broad SMARTS) is 1. The Hall–Kier alpha value is -2.28. The molecule has 7 nitrogen and oxygen atoms in total. The average Bonchev–Trinajstić information content (AvgIpc) is 2.31. The van der Waals surface area contributed by atoms with Gasteiger partial charge in [0.1, 0.15) is 12.5 Å². The Labute approximate surface area is 97.7 Å². The zero-order valence-corrected chi connectivity index (χ0v) is 9.16. The van der Waals surface area contributed by atoms with Gasteiger partial charge in [-0.15, -0.1) is 0 Å². The number of para-hydroxylation sites is 1. The lowest BCUT2D eigenvalue weighted by molar-refractivity contribution is 0.101. The van der Waals surface area contributed by atoms with Crippen LogP contribution in [-0.4, -0.2) is 31.3 Å². The van der Waals surface area contributed by atoms with Gasteiger partial charge < -0.3 is 19.3 Å². The molecular formula is C10H13NO6. The van der Waals surface area contributed by atoms with Gasteiger partial charge in [-0.1, -0.05) is 18.2 Å². The number of ether oxygens (including phenoxy) is 3. The lowest BCUT2D eigenvalue weighted by atomic mass is 10.3. The van der Waals surface area contributed by atoms with E-state index in [0.29, 0.717) is 5.75 Å². The first-order chi connectivity index (χ1) is 8.10. The van der Waals surface area contributed by atoms with Crippen molar-refractivity contribution in [1.29, 1.82) is 0 Å². The quantitative estimate of drug-likeness (QED) is 0.459. The molecule has 0 aromatic heterocycles. The summed E-state index contributed by atoms with van der Waals surface area (Å²) in [6.07, 6.45) is -2.03. The van der Waals surface area contributed by atoms with Crippen molar-refractivity contribution >= 4 is 12.3 Å². The number of carbonyl (C=O) groups excluding carboxylic acids is 1. The van der Waals surface area contributed by atoms with Crippen LogP contribution >= 0.6 is 0 Å². The van der Waals surface area contributed by atoms with Crippen LogP contribution in [0.4, 0.5) is 9.59 Å². The van der Waals surface area contributed by atoms with Crippen LogP contribution in [0.15, 0.2) is 30.3 Å². The van der Waals surface area contributed by atoms with Gasteiger partial charge in [-0.05, 0) is 12.1 Å². The van der Waals surface area contributed by atoms with Crippen LogP contribution in [0, 0.1) is 0 Å². The molecule has 0 aliphatic heterocycles. The van der Waals surface area contributed by atoms with Crippen LogP contribution in [0.5, 0.6) is 5.75 Å². The Morgan fingerprint density at radius 2 is 1.82 bits per heavy atom. The van der Waals surface area contributed by atoms with E-state index < -0.39 is 12.3 Å². The summed E-state index contributed by atoms with van der Waals surface area (Å²) < 4.78 is 12.7. The molecule has 0 bridgehead atoms. The van der Waals surface area contributed by atoms with Gasteiger partial charge in [0.15, 0.2) is 0 Å². The van der Waals surface area contributed by atoms with Crippen molar-refractivity contribution in [3.05, 3.63) is 30.3 Å². The SMILES string of the molecule is COC(=O)O.NCOC(=O)Oc1ccccc1. The molecule has 0 aliphatic carbocycles. The van der Waals surface area contributed by atoms with Gasteiger partial charge in [-0.25, -0.2) is 9.59 Å². The topological polar surface area (TPSA) is 108 Å². The predicted molar refractivity (Wildman–Crippen MR) is 57.6 cm³/mol. The van der Waals surface area contributed by atoms with Crippen molar-refractivity contribution in [2.45, 2.75) is 0 Å². The second kappa shape index (κ2) is 8.98. The molecule has 0 amide bonds. The van der Waals surface area contributed by atoms with Gasteiger partial charge in [0.25, 0.3) is 0 Å². The fraction of sp³-hybridized carbons (Fsp3) is 0.200. The van der Waals surface area contributed by atoms with Crippen LogP contribution in [0.3, 0.4) is 0 Å². The summed E-state index contributed by atoms with van der Waals surface area (Å²) >= 11 is 0. The van der Waals surface area contributed by atoms with Crippen molar-refractivity contribution in [2.24, 2.45) is 5.73 Å². The van der Waals surface area contributed by atoms with E-state index in [1.165, 1.54) is 0 Å². The van der Waals surface area contributed by atoms with Gasteiger partial charge in [0.2, 0.25) is 0 Å². The number of rotatable bonds is 2. The molecule has 1 rings (SSSR count). The van der Waals surface area contributed by atoms with Gasteiger partial charge in [-0.3, -0.25) is 5.73 Å². The average molecular weight is 243 g/mol. The first-order valence-electron chi connectivity index (χ1n) is 4.46. The van der Waals surface area contributed by atoms with E-state index >= 15 is 0 Å². The molecule has 0 fully saturated rings. The van der Waals surface area contributed by atoms with Gasteiger partial charge in [-0.2, -0.15) is 0 Å². The third-order valence-corrected chi connectivity index (χ3v) is 1.32. The Morgan fingerprint density at radius 1 is 1.29 bits per heavy atom. The number of hydrogen-bond donors (Lipinski definition) is 2. The van der Waals surface area contributed by atoms with Gasteiger partial charge in [0.05, 0.1) is 7.11 Å². The lowest BCUT2D eigenvalue weighted by Gasteiger charge is -2.02. The summed E-state index contributed by atoms with van der Waals surface area (Å²) in [4.78, 5) is 19.8. The fourth-order valence-electron chi connectivity index (χ4n) is 0.682. The van der Waals surface area contributed by atoms with Gasteiger partial charge >= 0.3 is 12.3 Å². The summed E-state index contributed by atoms with van der Waals surface area (Å²) in [5.74, 6) is 0.441. The van der Waals surface area contributed by atoms with E-state index in [1.807, 2.05) is 6.07 Å². The first-order valence-corrected chi connectivity index (χ1v) is 4.46. The van der Waals surface area contributed by atoms with E-state index in [-0.39, 0.29) is 6.73 Å². The maximum absolute atomic E-state index is 10.7. The Bertz CT molecular complexity index is 340. The molecule has 0 saturated heterocycles. The first kappa shape index (κ1) is 14.7. The number of hydrogen-bond acceptors (Lipinski definition) is 6. The van der Waals surface area contributed by atoms with Crippen molar-refractivity contribution < 1.29 is 28.9 Å². The summed E-state index contributed by atoms with van der Waals surface area (Å²) in [6.45, 7) is -0.175. The highest BCUT2D eigenvalue weighted by atomic mass is 16.7. The third-order valence-electron chi connectivity index (χ3n) is 1.32. The Balaban J connectivity index is 0.000000437. The second-order valence-corrected chi connectivity index (χ2v) is 2.45. The number of nitrogens with two attached hydrogens (primary N) is 1. The molecule has 0 aliphatic rings. The molecule has 7 heteroatoms. The largest absolute Gasteiger partial charge is 0.515 e. The van der Waals surface area contributed by atoms with Crippen LogP contribution in [0.25, 0.3) is 0 Å². The van der Waals surface area contributed by atoms with Gasteiger partial charge in [0, 0.05) is 0 Å². The normalized spacial score (nSPS) is 8.35. The molecule has 0 spiro atoms. The van der Waals surface area contributed by atoms with Crippen molar-refractivity contribution in [1.82, 2.24) is 0 Å². The molecule has 0 radical (unpaired) electrons. The molecule has 1 aromatic rings. The van der Waals surface area contributed by atoms with Crippen LogP contribution in [0.2, 0.25) is 0 Å². The summed E-state index contributed by atoms with van der Waals surface area (Å²) in [5, 5.41) is 7.50.